The summed E-state index contributed by atoms with van der Waals surface area (Å²) >= 11 is 0. The highest BCUT2D eigenvalue weighted by Crippen LogP contribution is 2.22. The molecule has 0 bridgehead atoms. The molecule has 0 radical (unpaired) electrons. The van der Waals surface area contributed by atoms with Crippen LogP contribution in [0.4, 0.5) is 0 Å². The first-order valence-electron chi connectivity index (χ1n) is 9.28. The van der Waals surface area contributed by atoms with Crippen molar-refractivity contribution < 1.29 is 0 Å². The third-order valence-corrected chi connectivity index (χ3v) is 4.90. The molecule has 0 unspecified atom stereocenters. The van der Waals surface area contributed by atoms with E-state index < -0.39 is 0 Å². The minimum absolute atomic E-state index is 0.928. The third kappa shape index (κ3) is 4.13. The van der Waals surface area contributed by atoms with Crippen LogP contribution >= 0.6 is 0 Å². The van der Waals surface area contributed by atoms with E-state index in [-0.39, 0.29) is 0 Å². The summed E-state index contributed by atoms with van der Waals surface area (Å²) < 4.78 is 2.33. The van der Waals surface area contributed by atoms with Gasteiger partial charge in [0.15, 0.2) is 0 Å². The van der Waals surface area contributed by atoms with E-state index in [9.17, 15) is 0 Å². The summed E-state index contributed by atoms with van der Waals surface area (Å²) in [5.41, 5.74) is 6.17. The van der Waals surface area contributed by atoms with Gasteiger partial charge in [-0.1, -0.05) is 24.6 Å². The lowest BCUT2D eigenvalue weighted by Crippen LogP contribution is -2.35. The summed E-state index contributed by atoms with van der Waals surface area (Å²) in [7, 11) is 4.01. The van der Waals surface area contributed by atoms with Gasteiger partial charge in [-0.15, -0.1) is 0 Å². The maximum Gasteiger partial charge on any atom is 0.0835 e. The molecule has 1 aliphatic heterocycles. The van der Waals surface area contributed by atoms with Crippen molar-refractivity contribution in [3.05, 3.63) is 53.3 Å². The van der Waals surface area contributed by atoms with Gasteiger partial charge in [0, 0.05) is 43.3 Å². The molecule has 2 heterocycles. The molecule has 0 amide bonds. The first kappa shape index (κ1) is 17.7. The zero-order valence-electron chi connectivity index (χ0n) is 16.0. The molecule has 4 nitrogen and oxygen atoms in total. The number of hydrogen-bond acceptors (Lipinski definition) is 3. The molecule has 25 heavy (non-hydrogen) atoms. The van der Waals surface area contributed by atoms with Gasteiger partial charge < -0.3 is 9.58 Å². The Morgan fingerprint density at radius 2 is 1.72 bits per heavy atom. The zero-order chi connectivity index (χ0) is 17.8. The summed E-state index contributed by atoms with van der Waals surface area (Å²) in [5, 5.41) is 6.77. The van der Waals surface area contributed by atoms with E-state index in [0.717, 1.165) is 6.54 Å². The highest BCUT2D eigenvalue weighted by molar-refractivity contribution is 6.03. The van der Waals surface area contributed by atoms with Crippen molar-refractivity contribution in [2.24, 2.45) is 5.10 Å². The van der Waals surface area contributed by atoms with Crippen LogP contribution in [0.3, 0.4) is 0 Å². The second kappa shape index (κ2) is 7.87. The Morgan fingerprint density at radius 1 is 1.04 bits per heavy atom. The molecule has 1 fully saturated rings. The van der Waals surface area contributed by atoms with Crippen molar-refractivity contribution in [2.75, 3.05) is 33.7 Å². The van der Waals surface area contributed by atoms with Crippen molar-refractivity contribution in [1.82, 2.24) is 14.5 Å². The van der Waals surface area contributed by atoms with E-state index >= 15 is 0 Å². The van der Waals surface area contributed by atoms with Crippen LogP contribution in [0, 0.1) is 13.8 Å². The van der Waals surface area contributed by atoms with Crippen LogP contribution in [0.5, 0.6) is 0 Å². The number of nitrogens with zero attached hydrogens (tertiary/aromatic N) is 4. The molecule has 1 aliphatic rings. The Kier molecular flexibility index (Phi) is 5.59. The Hall–Kier alpha value is -2.07. The molecular weight excluding hydrogens is 308 g/mol. The minimum Gasteiger partial charge on any atom is -0.318 e. The molecule has 0 saturated carbocycles. The number of aryl methyl sites for hydroxylation is 1. The Labute approximate surface area is 151 Å². The largest absolute Gasteiger partial charge is 0.318 e. The van der Waals surface area contributed by atoms with Gasteiger partial charge in [0.25, 0.3) is 0 Å². The van der Waals surface area contributed by atoms with Gasteiger partial charge in [0.05, 0.1) is 5.71 Å². The van der Waals surface area contributed by atoms with Crippen molar-refractivity contribution in [3.8, 4) is 5.69 Å². The highest BCUT2D eigenvalue weighted by Gasteiger charge is 2.19. The maximum absolute atomic E-state index is 4.85. The van der Waals surface area contributed by atoms with Gasteiger partial charge >= 0.3 is 0 Å². The lowest BCUT2D eigenvalue weighted by atomic mass is 10.1. The van der Waals surface area contributed by atoms with E-state index in [1.54, 1.807) is 0 Å². The molecule has 2 aromatic rings. The van der Waals surface area contributed by atoms with Crippen LogP contribution in [-0.2, 0) is 0 Å². The molecule has 0 atom stereocenters. The van der Waals surface area contributed by atoms with Crippen LogP contribution < -0.4 is 0 Å². The molecule has 0 N–H and O–H groups in total. The quantitative estimate of drug-likeness (QED) is 0.611. The number of para-hydroxylation sites is 1. The number of rotatable bonds is 5. The Morgan fingerprint density at radius 3 is 2.36 bits per heavy atom. The predicted octanol–water partition coefficient (Wildman–Crippen LogP) is 3.85. The summed E-state index contributed by atoms with van der Waals surface area (Å²) in [6.07, 6.45) is 3.97. The number of hydrogen-bond donors (Lipinski definition) is 0. The third-order valence-electron chi connectivity index (χ3n) is 4.90. The van der Waals surface area contributed by atoms with E-state index in [4.69, 9.17) is 5.10 Å². The fourth-order valence-corrected chi connectivity index (χ4v) is 3.77. The maximum atomic E-state index is 4.85. The molecular formula is C21H30N4. The van der Waals surface area contributed by atoms with E-state index in [0.29, 0.717) is 0 Å². The first-order chi connectivity index (χ1) is 12.1. The van der Waals surface area contributed by atoms with Crippen LogP contribution in [0.2, 0.25) is 0 Å². The second-order valence-electron chi connectivity index (χ2n) is 7.19. The molecule has 1 aromatic heterocycles. The zero-order valence-corrected chi connectivity index (χ0v) is 16.0. The molecule has 4 heteroatoms. The van der Waals surface area contributed by atoms with Crippen LogP contribution in [0.25, 0.3) is 5.69 Å². The predicted molar refractivity (Wildman–Crippen MR) is 106 cm³/mol. The van der Waals surface area contributed by atoms with E-state index in [2.05, 4.69) is 59.7 Å². The van der Waals surface area contributed by atoms with Crippen molar-refractivity contribution in [3.63, 3.8) is 0 Å². The molecule has 3 rings (SSSR count). The SMILES string of the molecule is Cc1cc(/C(CN2CCCCC2)=N\N(C)C)c(C)n1-c1ccccc1. The average molecular weight is 338 g/mol. The number of aromatic nitrogens is 1. The first-order valence-corrected chi connectivity index (χ1v) is 9.28. The number of hydrazone groups is 1. The lowest BCUT2D eigenvalue weighted by Gasteiger charge is -2.27. The number of piperidine rings is 1. The van der Waals surface area contributed by atoms with Gasteiger partial charge in [0.2, 0.25) is 0 Å². The summed E-state index contributed by atoms with van der Waals surface area (Å²) in [4.78, 5) is 2.54. The van der Waals surface area contributed by atoms with Gasteiger partial charge in [0.1, 0.15) is 0 Å². The Bertz CT molecular complexity index is 722. The molecule has 0 aliphatic carbocycles. The van der Waals surface area contributed by atoms with Gasteiger partial charge in [-0.3, -0.25) is 4.90 Å². The Balaban J connectivity index is 1.96. The topological polar surface area (TPSA) is 23.8 Å². The highest BCUT2D eigenvalue weighted by atomic mass is 15.4. The smallest absolute Gasteiger partial charge is 0.0835 e. The second-order valence-corrected chi connectivity index (χ2v) is 7.19. The standard InChI is InChI=1S/C21H30N4/c1-17-15-20(18(2)25(17)19-11-7-5-8-12-19)21(22-23(3)4)16-24-13-9-6-10-14-24/h5,7-8,11-12,15H,6,9-10,13-14,16H2,1-4H3/b22-21-. The van der Waals surface area contributed by atoms with Crippen molar-refractivity contribution >= 4 is 5.71 Å². The summed E-state index contributed by atoms with van der Waals surface area (Å²) in [5.74, 6) is 0. The number of likely N-dealkylation sites (tertiary alicyclic amines) is 1. The number of benzene rings is 1. The van der Waals surface area contributed by atoms with Crippen molar-refractivity contribution in [1.29, 1.82) is 0 Å². The molecule has 0 spiro atoms. The van der Waals surface area contributed by atoms with Gasteiger partial charge in [-0.25, -0.2) is 0 Å². The van der Waals surface area contributed by atoms with E-state index in [1.165, 1.54) is 60.7 Å². The molecule has 134 valence electrons. The monoisotopic (exact) mass is 338 g/mol. The summed E-state index contributed by atoms with van der Waals surface area (Å²) in [6.45, 7) is 7.68. The lowest BCUT2D eigenvalue weighted by molar-refractivity contribution is 0.257. The fraction of sp³-hybridized carbons (Fsp3) is 0.476. The van der Waals surface area contributed by atoms with Crippen LogP contribution in [-0.4, -0.2) is 53.9 Å². The van der Waals surface area contributed by atoms with Crippen molar-refractivity contribution in [2.45, 2.75) is 33.1 Å². The average Bonchev–Trinajstić information content (AvgIpc) is 2.90. The van der Waals surface area contributed by atoms with Crippen LogP contribution in [0.15, 0.2) is 41.5 Å². The normalized spacial score (nSPS) is 16.2. The molecule has 1 aromatic carbocycles. The van der Waals surface area contributed by atoms with E-state index in [1.807, 2.05) is 19.1 Å². The minimum atomic E-state index is 0.928. The van der Waals surface area contributed by atoms with Gasteiger partial charge in [-0.2, -0.15) is 5.10 Å². The summed E-state index contributed by atoms with van der Waals surface area (Å²) in [6, 6.07) is 12.9. The van der Waals surface area contributed by atoms with Crippen LogP contribution in [0.1, 0.15) is 36.2 Å². The molecule has 1 saturated heterocycles. The van der Waals surface area contributed by atoms with Gasteiger partial charge in [-0.05, 0) is 58.0 Å². The fourth-order valence-electron chi connectivity index (χ4n) is 3.77.